The van der Waals surface area contributed by atoms with E-state index < -0.39 is 6.23 Å². The molecule has 30 heavy (non-hydrogen) atoms. The smallest absolute Gasteiger partial charge is 0.231 e. The third-order valence-electron chi connectivity index (χ3n) is 5.63. The van der Waals surface area contributed by atoms with E-state index in [1.165, 1.54) is 0 Å². The lowest BCUT2D eigenvalue weighted by Crippen LogP contribution is -2.33. The first kappa shape index (κ1) is 18.1. The van der Waals surface area contributed by atoms with Crippen LogP contribution in [0.1, 0.15) is 35.4 Å². The summed E-state index contributed by atoms with van der Waals surface area (Å²) >= 11 is 10.1. The van der Waals surface area contributed by atoms with Crippen molar-refractivity contribution in [2.24, 2.45) is 5.10 Å². The molecule has 2 atom stereocenters. The molecule has 3 aliphatic rings. The average Bonchev–Trinajstić information content (AvgIpc) is 3.40. The second kappa shape index (κ2) is 6.93. The van der Waals surface area contributed by atoms with Gasteiger partial charge in [0.05, 0.1) is 11.8 Å². The number of nitrogens with zero attached hydrogens (tertiary/aromatic N) is 2. The van der Waals surface area contributed by atoms with Crippen LogP contribution in [-0.4, -0.2) is 17.5 Å². The summed E-state index contributed by atoms with van der Waals surface area (Å²) in [6.45, 7) is 0.254. The molecule has 0 aromatic heterocycles. The Kier molecular flexibility index (Phi) is 4.18. The van der Waals surface area contributed by atoms with Crippen molar-refractivity contribution in [3.63, 3.8) is 0 Å². The largest absolute Gasteiger partial charge is 0.464 e. The molecule has 0 N–H and O–H groups in total. The van der Waals surface area contributed by atoms with E-state index in [0.717, 1.165) is 50.5 Å². The van der Waals surface area contributed by atoms with Gasteiger partial charge in [-0.25, -0.2) is 5.01 Å². The molecule has 3 heterocycles. The Morgan fingerprint density at radius 3 is 2.67 bits per heavy atom. The summed E-state index contributed by atoms with van der Waals surface area (Å²) in [4.78, 5) is 0. The van der Waals surface area contributed by atoms with Gasteiger partial charge in [0.25, 0.3) is 0 Å². The van der Waals surface area contributed by atoms with Gasteiger partial charge in [-0.1, -0.05) is 45.7 Å². The zero-order valence-electron chi connectivity index (χ0n) is 15.7. The first-order chi connectivity index (χ1) is 14.7. The Labute approximate surface area is 186 Å². The molecule has 0 radical (unpaired) electrons. The molecule has 5 nitrogen and oxygen atoms in total. The van der Waals surface area contributed by atoms with Crippen molar-refractivity contribution in [2.75, 3.05) is 6.79 Å². The zero-order valence-corrected chi connectivity index (χ0v) is 18.1. The third kappa shape index (κ3) is 2.86. The lowest BCUT2D eigenvalue weighted by molar-refractivity contribution is -0.0190. The van der Waals surface area contributed by atoms with Crippen LogP contribution in [0.5, 0.6) is 17.2 Å². The number of fused-ring (bicyclic) bond motifs is 4. The summed E-state index contributed by atoms with van der Waals surface area (Å²) in [7, 11) is 0. The molecule has 7 heteroatoms. The maximum absolute atomic E-state index is 6.52. The highest BCUT2D eigenvalue weighted by Crippen LogP contribution is 2.49. The topological polar surface area (TPSA) is 43.3 Å². The molecule has 0 amide bonds. The van der Waals surface area contributed by atoms with Gasteiger partial charge in [-0.15, -0.1) is 0 Å². The number of benzene rings is 3. The first-order valence-electron chi connectivity index (χ1n) is 9.64. The van der Waals surface area contributed by atoms with Crippen LogP contribution in [0.4, 0.5) is 0 Å². The predicted octanol–water partition coefficient (Wildman–Crippen LogP) is 6.07. The van der Waals surface area contributed by atoms with Crippen molar-refractivity contribution in [3.05, 3.63) is 86.8 Å². The summed E-state index contributed by atoms with van der Waals surface area (Å²) in [5, 5.41) is 7.67. The van der Waals surface area contributed by atoms with Gasteiger partial charge in [-0.05, 0) is 42.5 Å². The van der Waals surface area contributed by atoms with Gasteiger partial charge < -0.3 is 14.2 Å². The van der Waals surface area contributed by atoms with Crippen LogP contribution in [0.3, 0.4) is 0 Å². The van der Waals surface area contributed by atoms with E-state index in [2.05, 4.69) is 22.0 Å². The van der Waals surface area contributed by atoms with Crippen molar-refractivity contribution in [1.29, 1.82) is 0 Å². The summed E-state index contributed by atoms with van der Waals surface area (Å²) in [6.07, 6.45) is 0.358. The highest BCUT2D eigenvalue weighted by atomic mass is 79.9. The Morgan fingerprint density at radius 2 is 1.77 bits per heavy atom. The number of hydrogen-bond donors (Lipinski definition) is 0. The minimum absolute atomic E-state index is 0.0490. The van der Waals surface area contributed by atoms with Crippen molar-refractivity contribution in [2.45, 2.75) is 18.7 Å². The molecule has 150 valence electrons. The van der Waals surface area contributed by atoms with E-state index in [-0.39, 0.29) is 12.8 Å². The van der Waals surface area contributed by atoms with Crippen molar-refractivity contribution >= 4 is 33.2 Å². The molecule has 0 spiro atoms. The van der Waals surface area contributed by atoms with E-state index in [1.807, 2.05) is 59.6 Å². The molecular formula is C23H16BrClN2O3. The fourth-order valence-corrected chi connectivity index (χ4v) is 4.80. The van der Waals surface area contributed by atoms with Gasteiger partial charge in [0.2, 0.25) is 13.0 Å². The van der Waals surface area contributed by atoms with E-state index in [9.17, 15) is 0 Å². The lowest BCUT2D eigenvalue weighted by Gasteiger charge is -2.38. The number of hydrazone groups is 1. The molecule has 0 fully saturated rings. The minimum atomic E-state index is -0.399. The van der Waals surface area contributed by atoms with Crippen molar-refractivity contribution in [3.8, 4) is 17.2 Å². The molecule has 3 aromatic carbocycles. The molecule has 0 bridgehead atoms. The number of rotatable bonds is 2. The van der Waals surface area contributed by atoms with Gasteiger partial charge >= 0.3 is 0 Å². The molecule has 6 rings (SSSR count). The van der Waals surface area contributed by atoms with E-state index in [1.54, 1.807) is 0 Å². The number of halogens is 2. The molecule has 3 aliphatic heterocycles. The maximum atomic E-state index is 6.52. The second-order valence-electron chi connectivity index (χ2n) is 7.39. The fraction of sp³-hybridized carbons (Fsp3) is 0.174. The second-order valence-corrected chi connectivity index (χ2v) is 8.71. The van der Waals surface area contributed by atoms with Gasteiger partial charge in [0, 0.05) is 32.6 Å². The van der Waals surface area contributed by atoms with Crippen molar-refractivity contribution < 1.29 is 14.2 Å². The molecule has 3 aromatic rings. The van der Waals surface area contributed by atoms with Crippen LogP contribution in [0.25, 0.3) is 0 Å². The third-order valence-corrected chi connectivity index (χ3v) is 6.47. The van der Waals surface area contributed by atoms with E-state index >= 15 is 0 Å². The fourth-order valence-electron chi connectivity index (χ4n) is 4.19. The van der Waals surface area contributed by atoms with Gasteiger partial charge in [-0.2, -0.15) is 5.10 Å². The Balaban J connectivity index is 1.45. The van der Waals surface area contributed by atoms with Crippen molar-refractivity contribution in [1.82, 2.24) is 5.01 Å². The number of hydrogen-bond acceptors (Lipinski definition) is 5. The lowest BCUT2D eigenvalue weighted by atomic mass is 9.96. The van der Waals surface area contributed by atoms with Crippen LogP contribution in [0.15, 0.2) is 70.2 Å². The zero-order chi connectivity index (χ0) is 20.2. The predicted molar refractivity (Wildman–Crippen MR) is 117 cm³/mol. The molecular weight excluding hydrogens is 468 g/mol. The maximum Gasteiger partial charge on any atom is 0.231 e. The summed E-state index contributed by atoms with van der Waals surface area (Å²) in [5.41, 5.74) is 4.00. The molecule has 0 saturated heterocycles. The molecule has 0 saturated carbocycles. The van der Waals surface area contributed by atoms with Crippen LogP contribution in [-0.2, 0) is 0 Å². The Hall–Kier alpha value is -2.70. The summed E-state index contributed by atoms with van der Waals surface area (Å²) < 4.78 is 18.4. The van der Waals surface area contributed by atoms with E-state index in [4.69, 9.17) is 30.9 Å². The van der Waals surface area contributed by atoms with Gasteiger partial charge in [0.15, 0.2) is 11.5 Å². The molecule has 0 aliphatic carbocycles. The SMILES string of the molecule is Clc1ccccc1[C@@H]1Oc2ccc(Br)cc2[C@@H]2CC(c3ccc4c(c3)OCO4)=NN21. The van der Waals surface area contributed by atoms with Crippen LogP contribution in [0, 0.1) is 0 Å². The van der Waals surface area contributed by atoms with Gasteiger partial charge in [0.1, 0.15) is 5.75 Å². The Bertz CT molecular complexity index is 1200. The molecule has 0 unspecified atom stereocenters. The van der Waals surface area contributed by atoms with Crippen LogP contribution >= 0.6 is 27.5 Å². The normalized spacial score (nSPS) is 21.0. The highest BCUT2D eigenvalue weighted by molar-refractivity contribution is 9.10. The average molecular weight is 484 g/mol. The first-order valence-corrected chi connectivity index (χ1v) is 10.8. The van der Waals surface area contributed by atoms with Crippen LogP contribution in [0.2, 0.25) is 5.02 Å². The standard InChI is InChI=1S/C23H16BrClN2O3/c24-14-6-8-20-16(10-14)19-11-18(13-5-7-21-22(9-13)29-12-28-21)26-27(19)23(30-20)15-3-1-2-4-17(15)25/h1-10,19,23H,11-12H2/t19-,23-/m0/s1. The van der Waals surface area contributed by atoms with Crippen LogP contribution < -0.4 is 14.2 Å². The van der Waals surface area contributed by atoms with Gasteiger partial charge in [-0.3, -0.25) is 0 Å². The number of ether oxygens (including phenoxy) is 3. The Morgan fingerprint density at radius 1 is 0.933 bits per heavy atom. The monoisotopic (exact) mass is 482 g/mol. The minimum Gasteiger partial charge on any atom is -0.464 e. The van der Waals surface area contributed by atoms with E-state index in [0.29, 0.717) is 5.02 Å². The summed E-state index contributed by atoms with van der Waals surface area (Å²) in [6, 6.07) is 19.9. The quantitative estimate of drug-likeness (QED) is 0.443. The summed E-state index contributed by atoms with van der Waals surface area (Å²) in [5.74, 6) is 2.37. The highest BCUT2D eigenvalue weighted by Gasteiger charge is 2.41.